The summed E-state index contributed by atoms with van der Waals surface area (Å²) in [4.78, 5) is 31.9. The first-order valence-electron chi connectivity index (χ1n) is 13.2. The van der Waals surface area contributed by atoms with E-state index in [-0.39, 0.29) is 5.69 Å². The van der Waals surface area contributed by atoms with Gasteiger partial charge in [0.2, 0.25) is 0 Å². The number of para-hydroxylation sites is 2. The standard InChI is InChI=1S/C32H28N4O4/c37-31(38)27(16-21-18-34-25-12-6-4-10-22(21)25)33-15-14-26-30-24(17-28(35-26)32(39)40)23-11-5-7-13-29(23)36(30)19-20-8-2-1-3-9-20/h1-13,17-18,27,33-34H,14-16,19H2,(H,37,38)(H,39,40)/t27-/m0/s1. The average Bonchev–Trinajstić information content (AvgIpc) is 3.52. The van der Waals surface area contributed by atoms with Crippen LogP contribution in [0.4, 0.5) is 0 Å². The first kappa shape index (κ1) is 25.3. The molecular formula is C32H28N4O4. The van der Waals surface area contributed by atoms with Crippen LogP contribution in [0.5, 0.6) is 0 Å². The monoisotopic (exact) mass is 532 g/mol. The molecule has 3 aromatic heterocycles. The van der Waals surface area contributed by atoms with E-state index in [0.29, 0.717) is 31.6 Å². The second kappa shape index (κ2) is 10.7. The fourth-order valence-corrected chi connectivity index (χ4v) is 5.50. The molecule has 0 spiro atoms. The molecule has 0 saturated carbocycles. The molecule has 3 aromatic carbocycles. The van der Waals surface area contributed by atoms with Crippen LogP contribution in [-0.2, 0) is 24.2 Å². The first-order valence-corrected chi connectivity index (χ1v) is 13.2. The van der Waals surface area contributed by atoms with E-state index in [1.807, 2.05) is 72.9 Å². The molecule has 8 nitrogen and oxygen atoms in total. The van der Waals surface area contributed by atoms with E-state index in [9.17, 15) is 19.8 Å². The lowest BCUT2D eigenvalue weighted by Crippen LogP contribution is -2.39. The molecule has 0 unspecified atom stereocenters. The number of aromatic nitrogens is 3. The van der Waals surface area contributed by atoms with Crippen molar-refractivity contribution < 1.29 is 19.8 Å². The molecule has 8 heteroatoms. The van der Waals surface area contributed by atoms with Crippen LogP contribution in [0, 0.1) is 0 Å². The van der Waals surface area contributed by atoms with Crippen molar-refractivity contribution in [2.45, 2.75) is 25.4 Å². The molecule has 200 valence electrons. The second-order valence-electron chi connectivity index (χ2n) is 9.90. The number of benzene rings is 3. The number of aromatic carboxylic acids is 1. The Morgan fingerprint density at radius 3 is 2.40 bits per heavy atom. The molecule has 0 aliphatic heterocycles. The highest BCUT2D eigenvalue weighted by molar-refractivity contribution is 6.10. The third kappa shape index (κ3) is 4.81. The van der Waals surface area contributed by atoms with Gasteiger partial charge >= 0.3 is 11.9 Å². The fraction of sp³-hybridized carbons (Fsp3) is 0.156. The number of rotatable bonds is 10. The number of hydrogen-bond acceptors (Lipinski definition) is 4. The lowest BCUT2D eigenvalue weighted by Gasteiger charge is -2.15. The van der Waals surface area contributed by atoms with Crippen LogP contribution in [0.25, 0.3) is 32.7 Å². The lowest BCUT2D eigenvalue weighted by molar-refractivity contribution is -0.139. The highest BCUT2D eigenvalue weighted by Gasteiger charge is 2.22. The highest BCUT2D eigenvalue weighted by Crippen LogP contribution is 2.32. The number of carboxylic acids is 2. The van der Waals surface area contributed by atoms with Crippen LogP contribution in [0.1, 0.15) is 27.3 Å². The molecule has 1 atom stereocenters. The predicted octanol–water partition coefficient (Wildman–Crippen LogP) is 5.25. The average molecular weight is 533 g/mol. The summed E-state index contributed by atoms with van der Waals surface area (Å²) in [5.41, 5.74) is 5.44. The van der Waals surface area contributed by atoms with E-state index in [0.717, 1.165) is 43.8 Å². The predicted molar refractivity (Wildman–Crippen MR) is 155 cm³/mol. The molecule has 0 aliphatic carbocycles. The Labute approximate surface area is 229 Å². The topological polar surface area (TPSA) is 120 Å². The summed E-state index contributed by atoms with van der Waals surface area (Å²) in [5.74, 6) is -2.04. The van der Waals surface area contributed by atoms with Gasteiger partial charge in [-0.3, -0.25) is 4.79 Å². The van der Waals surface area contributed by atoms with Gasteiger partial charge in [-0.25, -0.2) is 9.78 Å². The Bertz CT molecular complexity index is 1860. The Hall–Kier alpha value is -4.95. The summed E-state index contributed by atoms with van der Waals surface area (Å²) in [6, 6.07) is 26.6. The molecule has 6 aromatic rings. The van der Waals surface area contributed by atoms with Crippen molar-refractivity contribution in [1.29, 1.82) is 0 Å². The number of H-pyrrole nitrogens is 1. The van der Waals surface area contributed by atoms with Gasteiger partial charge in [0, 0.05) is 59.3 Å². The minimum atomic E-state index is -1.10. The number of fused-ring (bicyclic) bond motifs is 4. The third-order valence-corrected chi connectivity index (χ3v) is 7.37. The van der Waals surface area contributed by atoms with Gasteiger partial charge in [-0.2, -0.15) is 0 Å². The van der Waals surface area contributed by atoms with Gasteiger partial charge < -0.3 is 25.1 Å². The number of aromatic amines is 1. The second-order valence-corrected chi connectivity index (χ2v) is 9.90. The molecule has 40 heavy (non-hydrogen) atoms. The van der Waals surface area contributed by atoms with Gasteiger partial charge in [-0.1, -0.05) is 66.7 Å². The summed E-state index contributed by atoms with van der Waals surface area (Å²) >= 11 is 0. The number of pyridine rings is 1. The van der Waals surface area contributed by atoms with Crippen molar-refractivity contribution >= 4 is 44.6 Å². The molecule has 0 aliphatic rings. The number of carboxylic acid groups (broad SMARTS) is 2. The zero-order valence-corrected chi connectivity index (χ0v) is 21.7. The summed E-state index contributed by atoms with van der Waals surface area (Å²) < 4.78 is 2.18. The van der Waals surface area contributed by atoms with E-state index in [1.54, 1.807) is 6.07 Å². The molecule has 0 amide bonds. The van der Waals surface area contributed by atoms with Crippen molar-refractivity contribution in [3.63, 3.8) is 0 Å². The number of nitrogens with one attached hydrogen (secondary N) is 2. The molecule has 0 fully saturated rings. The zero-order valence-electron chi connectivity index (χ0n) is 21.7. The van der Waals surface area contributed by atoms with Crippen LogP contribution >= 0.6 is 0 Å². The van der Waals surface area contributed by atoms with Gasteiger partial charge in [0.25, 0.3) is 0 Å². The molecule has 0 bridgehead atoms. The number of carbonyl (C=O) groups is 2. The number of aliphatic carboxylic acids is 1. The normalized spacial score (nSPS) is 12.3. The van der Waals surface area contributed by atoms with Crippen LogP contribution in [-0.4, -0.2) is 49.3 Å². The number of hydrogen-bond donors (Lipinski definition) is 4. The van der Waals surface area contributed by atoms with Gasteiger partial charge in [0.05, 0.1) is 11.2 Å². The Kier molecular flexibility index (Phi) is 6.76. The van der Waals surface area contributed by atoms with Gasteiger partial charge in [0.1, 0.15) is 11.7 Å². The van der Waals surface area contributed by atoms with Crippen LogP contribution in [0.15, 0.2) is 91.1 Å². The van der Waals surface area contributed by atoms with Crippen LogP contribution in [0.2, 0.25) is 0 Å². The maximum Gasteiger partial charge on any atom is 0.354 e. The van der Waals surface area contributed by atoms with Gasteiger partial charge in [0.15, 0.2) is 0 Å². The number of nitrogens with zero attached hydrogens (tertiary/aromatic N) is 2. The maximum atomic E-state index is 12.2. The molecule has 4 N–H and O–H groups in total. The minimum absolute atomic E-state index is 0.0290. The SMILES string of the molecule is O=C(O)c1cc2c3ccccc3n(Cc3ccccc3)c2c(CCN[C@@H](Cc2c[nH]c3ccccc23)C(=O)O)n1. The van der Waals surface area contributed by atoms with E-state index in [1.165, 1.54) is 0 Å². The largest absolute Gasteiger partial charge is 0.480 e. The van der Waals surface area contributed by atoms with E-state index >= 15 is 0 Å². The zero-order chi connectivity index (χ0) is 27.6. The molecular weight excluding hydrogens is 504 g/mol. The highest BCUT2D eigenvalue weighted by atomic mass is 16.4. The molecule has 0 saturated heterocycles. The van der Waals surface area contributed by atoms with E-state index < -0.39 is 18.0 Å². The maximum absolute atomic E-state index is 12.2. The molecule has 3 heterocycles. The quantitative estimate of drug-likeness (QED) is 0.191. The van der Waals surface area contributed by atoms with Gasteiger partial charge in [-0.05, 0) is 29.3 Å². The van der Waals surface area contributed by atoms with Gasteiger partial charge in [-0.15, -0.1) is 0 Å². The van der Waals surface area contributed by atoms with Crippen molar-refractivity contribution in [2.24, 2.45) is 0 Å². The summed E-state index contributed by atoms with van der Waals surface area (Å²) in [7, 11) is 0. The Balaban J connectivity index is 1.34. The van der Waals surface area contributed by atoms with Crippen molar-refractivity contribution in [3.05, 3.63) is 114 Å². The lowest BCUT2D eigenvalue weighted by atomic mass is 10.0. The summed E-state index contributed by atoms with van der Waals surface area (Å²) in [6.45, 7) is 0.912. The molecule has 6 rings (SSSR count). The van der Waals surface area contributed by atoms with Crippen LogP contribution in [0.3, 0.4) is 0 Å². The Morgan fingerprint density at radius 2 is 1.62 bits per heavy atom. The minimum Gasteiger partial charge on any atom is -0.480 e. The van der Waals surface area contributed by atoms with E-state index in [4.69, 9.17) is 0 Å². The first-order chi connectivity index (χ1) is 19.5. The van der Waals surface area contributed by atoms with Crippen molar-refractivity contribution in [3.8, 4) is 0 Å². The Morgan fingerprint density at radius 1 is 0.900 bits per heavy atom. The van der Waals surface area contributed by atoms with E-state index in [2.05, 4.69) is 32.0 Å². The third-order valence-electron chi connectivity index (χ3n) is 7.37. The van der Waals surface area contributed by atoms with Crippen LogP contribution < -0.4 is 5.32 Å². The summed E-state index contributed by atoms with van der Waals surface area (Å²) in [5, 5.41) is 25.7. The van der Waals surface area contributed by atoms with Crippen molar-refractivity contribution in [2.75, 3.05) is 6.54 Å². The summed E-state index contributed by atoms with van der Waals surface area (Å²) in [6.07, 6.45) is 2.53. The molecule has 0 radical (unpaired) electrons. The fourth-order valence-electron chi connectivity index (χ4n) is 5.50. The van der Waals surface area contributed by atoms with Crippen molar-refractivity contribution in [1.82, 2.24) is 19.9 Å². The smallest absolute Gasteiger partial charge is 0.354 e.